The summed E-state index contributed by atoms with van der Waals surface area (Å²) in [6, 6.07) is 15.1. The molecule has 0 radical (unpaired) electrons. The Bertz CT molecular complexity index is 899. The number of carbonyl (C=O) groups excluding carboxylic acids is 2. The second kappa shape index (κ2) is 7.66. The van der Waals surface area contributed by atoms with Crippen molar-refractivity contribution in [2.24, 2.45) is 0 Å². The molecule has 0 aliphatic heterocycles. The van der Waals surface area contributed by atoms with Crippen LogP contribution in [0.1, 0.15) is 28.8 Å². The van der Waals surface area contributed by atoms with Gasteiger partial charge in [-0.1, -0.05) is 24.3 Å². The number of H-pyrrole nitrogens is 1. The highest BCUT2D eigenvalue weighted by Crippen LogP contribution is 2.19. The van der Waals surface area contributed by atoms with Gasteiger partial charge in [-0.15, -0.1) is 0 Å². The molecule has 5 nitrogen and oxygen atoms in total. The van der Waals surface area contributed by atoms with Crippen LogP contribution in [0.4, 0.5) is 5.69 Å². The van der Waals surface area contributed by atoms with Crippen molar-refractivity contribution in [3.8, 4) is 0 Å². The summed E-state index contributed by atoms with van der Waals surface area (Å²) < 4.78 is 0. The number of anilines is 1. The second-order valence-electron chi connectivity index (χ2n) is 5.92. The molecular weight excluding hydrogens is 314 g/mol. The van der Waals surface area contributed by atoms with Crippen molar-refractivity contribution in [2.45, 2.75) is 19.3 Å². The normalized spacial score (nSPS) is 10.6. The summed E-state index contributed by atoms with van der Waals surface area (Å²) in [5.41, 5.74) is 3.51. The zero-order valence-corrected chi connectivity index (χ0v) is 14.1. The fraction of sp³-hybridized carbons (Fsp3) is 0.200. The Morgan fingerprint density at radius 1 is 1.08 bits per heavy atom. The summed E-state index contributed by atoms with van der Waals surface area (Å²) in [5.74, 6) is -0.218. The average Bonchev–Trinajstić information content (AvgIpc) is 3.04. The lowest BCUT2D eigenvalue weighted by molar-refractivity contribution is -0.116. The molecule has 1 heterocycles. The highest BCUT2D eigenvalue weighted by Gasteiger charge is 2.08. The number of aromatic amines is 1. The Kier molecular flexibility index (Phi) is 5.14. The van der Waals surface area contributed by atoms with Gasteiger partial charge in [-0.2, -0.15) is 0 Å². The number of hydrogen-bond acceptors (Lipinski definition) is 2. The molecule has 25 heavy (non-hydrogen) atoms. The molecule has 1 aromatic heterocycles. The number of hydrogen-bond donors (Lipinski definition) is 3. The van der Waals surface area contributed by atoms with E-state index in [0.717, 1.165) is 18.4 Å². The first-order chi connectivity index (χ1) is 12.2. The van der Waals surface area contributed by atoms with E-state index in [1.54, 1.807) is 31.3 Å². The molecule has 3 aromatic rings. The predicted octanol–water partition coefficient (Wildman–Crippen LogP) is 3.49. The molecule has 0 atom stereocenters. The molecule has 5 heteroatoms. The van der Waals surface area contributed by atoms with Crippen molar-refractivity contribution in [3.05, 3.63) is 65.9 Å². The van der Waals surface area contributed by atoms with Gasteiger partial charge < -0.3 is 15.6 Å². The molecule has 0 aliphatic carbocycles. The van der Waals surface area contributed by atoms with Crippen molar-refractivity contribution in [3.63, 3.8) is 0 Å². The van der Waals surface area contributed by atoms with Gasteiger partial charge in [0.1, 0.15) is 0 Å². The zero-order valence-electron chi connectivity index (χ0n) is 14.1. The first-order valence-corrected chi connectivity index (χ1v) is 8.34. The Labute approximate surface area is 146 Å². The summed E-state index contributed by atoms with van der Waals surface area (Å²) in [6.07, 6.45) is 4.05. The van der Waals surface area contributed by atoms with Crippen LogP contribution in [0.25, 0.3) is 10.9 Å². The van der Waals surface area contributed by atoms with Gasteiger partial charge in [-0.05, 0) is 42.7 Å². The molecule has 0 unspecified atom stereocenters. The van der Waals surface area contributed by atoms with Gasteiger partial charge in [0.15, 0.2) is 0 Å². The van der Waals surface area contributed by atoms with Crippen molar-refractivity contribution in [1.29, 1.82) is 0 Å². The van der Waals surface area contributed by atoms with E-state index in [2.05, 4.69) is 21.7 Å². The quantitative estimate of drug-likeness (QED) is 0.645. The number of nitrogens with one attached hydrogen (secondary N) is 3. The van der Waals surface area contributed by atoms with Crippen LogP contribution in [0, 0.1) is 0 Å². The molecule has 3 rings (SSSR count). The molecule has 128 valence electrons. The molecule has 0 spiro atoms. The standard InChI is InChI=1S/C20H21N3O2/c1-21-20(25)14-6-4-8-16(12-14)23-19(24)11-5-7-15-13-22-18-10-3-2-9-17(15)18/h2-4,6,8-10,12-13,22H,5,7,11H2,1H3,(H,21,25)(H,23,24). The monoisotopic (exact) mass is 335 g/mol. The van der Waals surface area contributed by atoms with Crippen molar-refractivity contribution in [2.75, 3.05) is 12.4 Å². The zero-order chi connectivity index (χ0) is 17.6. The summed E-state index contributed by atoms with van der Waals surface area (Å²) in [7, 11) is 1.58. The van der Waals surface area contributed by atoms with Crippen LogP contribution in [0.3, 0.4) is 0 Å². The largest absolute Gasteiger partial charge is 0.361 e. The van der Waals surface area contributed by atoms with Crippen LogP contribution < -0.4 is 10.6 Å². The number of carbonyl (C=O) groups is 2. The molecule has 0 fully saturated rings. The third-order valence-electron chi connectivity index (χ3n) is 4.16. The minimum atomic E-state index is -0.171. The highest BCUT2D eigenvalue weighted by molar-refractivity contribution is 5.97. The molecular formula is C20H21N3O2. The van der Waals surface area contributed by atoms with Crippen molar-refractivity contribution < 1.29 is 9.59 Å². The minimum absolute atomic E-state index is 0.0473. The smallest absolute Gasteiger partial charge is 0.251 e. The maximum Gasteiger partial charge on any atom is 0.251 e. The van der Waals surface area contributed by atoms with Gasteiger partial charge in [-0.3, -0.25) is 9.59 Å². The van der Waals surface area contributed by atoms with Crippen LogP contribution in [-0.2, 0) is 11.2 Å². The van der Waals surface area contributed by atoms with E-state index in [-0.39, 0.29) is 11.8 Å². The fourth-order valence-electron chi connectivity index (χ4n) is 2.88. The maximum atomic E-state index is 12.1. The van der Waals surface area contributed by atoms with Crippen LogP contribution in [0.2, 0.25) is 0 Å². The SMILES string of the molecule is CNC(=O)c1cccc(NC(=O)CCCc2c[nH]c3ccccc23)c1. The lowest BCUT2D eigenvalue weighted by Crippen LogP contribution is -2.18. The number of fused-ring (bicyclic) bond motifs is 1. The number of aromatic nitrogens is 1. The molecule has 0 bridgehead atoms. The van der Waals surface area contributed by atoms with E-state index in [1.165, 1.54) is 10.9 Å². The van der Waals surface area contributed by atoms with Crippen molar-refractivity contribution >= 4 is 28.4 Å². The first kappa shape index (κ1) is 16.8. The predicted molar refractivity (Wildman–Crippen MR) is 99.7 cm³/mol. The number of para-hydroxylation sites is 1. The summed E-state index contributed by atoms with van der Waals surface area (Å²) in [5, 5.41) is 6.63. The third-order valence-corrected chi connectivity index (χ3v) is 4.16. The summed E-state index contributed by atoms with van der Waals surface area (Å²) in [4.78, 5) is 27.0. The summed E-state index contributed by atoms with van der Waals surface area (Å²) in [6.45, 7) is 0. The summed E-state index contributed by atoms with van der Waals surface area (Å²) >= 11 is 0. The Morgan fingerprint density at radius 2 is 1.92 bits per heavy atom. The molecule has 0 saturated heterocycles. The minimum Gasteiger partial charge on any atom is -0.361 e. The van der Waals surface area contributed by atoms with E-state index in [0.29, 0.717) is 17.7 Å². The van der Waals surface area contributed by atoms with E-state index < -0.39 is 0 Å². The third kappa shape index (κ3) is 4.07. The first-order valence-electron chi connectivity index (χ1n) is 8.34. The fourth-order valence-corrected chi connectivity index (χ4v) is 2.88. The Balaban J connectivity index is 1.54. The van der Waals surface area contributed by atoms with Crippen LogP contribution in [0.15, 0.2) is 54.7 Å². The lowest BCUT2D eigenvalue weighted by atomic mass is 10.1. The van der Waals surface area contributed by atoms with Crippen LogP contribution in [0.5, 0.6) is 0 Å². The Morgan fingerprint density at radius 3 is 2.76 bits per heavy atom. The van der Waals surface area contributed by atoms with E-state index in [4.69, 9.17) is 0 Å². The van der Waals surface area contributed by atoms with E-state index in [9.17, 15) is 9.59 Å². The van der Waals surface area contributed by atoms with Crippen molar-refractivity contribution in [1.82, 2.24) is 10.3 Å². The second-order valence-corrected chi connectivity index (χ2v) is 5.92. The topological polar surface area (TPSA) is 74.0 Å². The van der Waals surface area contributed by atoms with E-state index >= 15 is 0 Å². The number of benzene rings is 2. The molecule has 2 aromatic carbocycles. The Hall–Kier alpha value is -3.08. The number of rotatable bonds is 6. The lowest BCUT2D eigenvalue weighted by Gasteiger charge is -2.07. The molecule has 0 aliphatic rings. The van der Waals surface area contributed by atoms with Gasteiger partial charge in [0.25, 0.3) is 5.91 Å². The molecule has 2 amide bonds. The van der Waals surface area contributed by atoms with Gasteiger partial charge in [0, 0.05) is 41.8 Å². The highest BCUT2D eigenvalue weighted by atomic mass is 16.2. The van der Waals surface area contributed by atoms with Gasteiger partial charge >= 0.3 is 0 Å². The van der Waals surface area contributed by atoms with Gasteiger partial charge in [0.05, 0.1) is 0 Å². The van der Waals surface area contributed by atoms with E-state index in [1.807, 2.05) is 24.4 Å². The average molecular weight is 335 g/mol. The van der Waals surface area contributed by atoms with Crippen LogP contribution >= 0.6 is 0 Å². The van der Waals surface area contributed by atoms with Crippen LogP contribution in [-0.4, -0.2) is 23.8 Å². The molecule has 3 N–H and O–H groups in total. The number of aryl methyl sites for hydroxylation is 1. The molecule has 0 saturated carbocycles. The number of amides is 2. The van der Waals surface area contributed by atoms with Gasteiger partial charge in [-0.25, -0.2) is 0 Å². The van der Waals surface area contributed by atoms with Gasteiger partial charge in [0.2, 0.25) is 5.91 Å². The maximum absolute atomic E-state index is 12.1.